The molecule has 1 aromatic carbocycles. The number of unbranched alkanes of at least 4 members (excludes halogenated alkanes) is 1. The van der Waals surface area contributed by atoms with E-state index in [4.69, 9.17) is 4.74 Å². The van der Waals surface area contributed by atoms with Crippen LogP contribution in [-0.2, 0) is 19.4 Å². The standard InChI is InChI=1S/C15H22O4S/c1-4-5-10-19-15(16)11-20(17,18)14-8-6-13(7-9-14)12(2)3/h6-9,12H,4-5,10-11H2,1-3H3. The van der Waals surface area contributed by atoms with Crippen molar-refractivity contribution < 1.29 is 17.9 Å². The Bertz CT molecular complexity index is 529. The molecule has 0 fully saturated rings. The van der Waals surface area contributed by atoms with Crippen molar-refractivity contribution in [3.63, 3.8) is 0 Å². The summed E-state index contributed by atoms with van der Waals surface area (Å²) in [6.45, 7) is 6.32. The fourth-order valence-electron chi connectivity index (χ4n) is 1.67. The second-order valence-electron chi connectivity index (χ2n) is 5.06. The van der Waals surface area contributed by atoms with Crippen LogP contribution in [0.5, 0.6) is 0 Å². The van der Waals surface area contributed by atoms with Crippen molar-refractivity contribution in [1.82, 2.24) is 0 Å². The first-order valence-corrected chi connectivity index (χ1v) is 8.50. The number of hydrogen-bond donors (Lipinski definition) is 0. The number of sulfone groups is 1. The van der Waals surface area contributed by atoms with Crippen LogP contribution in [0.4, 0.5) is 0 Å². The van der Waals surface area contributed by atoms with Gasteiger partial charge in [-0.15, -0.1) is 0 Å². The third-order valence-electron chi connectivity index (χ3n) is 2.97. The van der Waals surface area contributed by atoms with Crippen molar-refractivity contribution in [3.8, 4) is 0 Å². The van der Waals surface area contributed by atoms with Gasteiger partial charge < -0.3 is 4.74 Å². The van der Waals surface area contributed by atoms with E-state index in [0.717, 1.165) is 18.4 Å². The van der Waals surface area contributed by atoms with Gasteiger partial charge in [0.1, 0.15) is 0 Å². The van der Waals surface area contributed by atoms with Crippen molar-refractivity contribution in [2.45, 2.75) is 44.4 Å². The van der Waals surface area contributed by atoms with E-state index >= 15 is 0 Å². The molecule has 4 nitrogen and oxygen atoms in total. The van der Waals surface area contributed by atoms with E-state index in [-0.39, 0.29) is 11.5 Å². The lowest BCUT2D eigenvalue weighted by Gasteiger charge is -2.08. The largest absolute Gasteiger partial charge is 0.465 e. The van der Waals surface area contributed by atoms with Crippen LogP contribution in [-0.4, -0.2) is 26.7 Å². The number of rotatable bonds is 7. The van der Waals surface area contributed by atoms with E-state index in [1.54, 1.807) is 24.3 Å². The molecule has 20 heavy (non-hydrogen) atoms. The maximum absolute atomic E-state index is 12.1. The van der Waals surface area contributed by atoms with Gasteiger partial charge in [-0.25, -0.2) is 8.42 Å². The zero-order valence-electron chi connectivity index (χ0n) is 12.3. The number of benzene rings is 1. The van der Waals surface area contributed by atoms with E-state index in [1.807, 2.05) is 20.8 Å². The maximum atomic E-state index is 12.1. The molecule has 1 aromatic rings. The molecule has 5 heteroatoms. The molecule has 0 heterocycles. The van der Waals surface area contributed by atoms with E-state index < -0.39 is 21.6 Å². The number of esters is 1. The summed E-state index contributed by atoms with van der Waals surface area (Å²) in [5.74, 6) is -0.949. The van der Waals surface area contributed by atoms with E-state index in [2.05, 4.69) is 0 Å². The van der Waals surface area contributed by atoms with Gasteiger partial charge in [0.2, 0.25) is 0 Å². The Morgan fingerprint density at radius 1 is 1.20 bits per heavy atom. The minimum Gasteiger partial charge on any atom is -0.465 e. The summed E-state index contributed by atoms with van der Waals surface area (Å²) in [6.07, 6.45) is 1.64. The molecule has 0 unspecified atom stereocenters. The summed E-state index contributed by atoms with van der Waals surface area (Å²) < 4.78 is 29.0. The Hall–Kier alpha value is -1.36. The van der Waals surface area contributed by atoms with E-state index in [9.17, 15) is 13.2 Å². The van der Waals surface area contributed by atoms with Crippen LogP contribution < -0.4 is 0 Å². The quantitative estimate of drug-likeness (QED) is 0.573. The molecule has 0 amide bonds. The van der Waals surface area contributed by atoms with Crippen molar-refractivity contribution >= 4 is 15.8 Å². The molecule has 0 aliphatic carbocycles. The Balaban J connectivity index is 2.71. The lowest BCUT2D eigenvalue weighted by Crippen LogP contribution is -2.19. The van der Waals surface area contributed by atoms with Gasteiger partial charge in [-0.2, -0.15) is 0 Å². The minimum atomic E-state index is -3.61. The Morgan fingerprint density at radius 2 is 1.80 bits per heavy atom. The first kappa shape index (κ1) is 16.7. The molecular weight excluding hydrogens is 276 g/mol. The molecule has 1 rings (SSSR count). The fraction of sp³-hybridized carbons (Fsp3) is 0.533. The molecule has 0 spiro atoms. The average Bonchev–Trinajstić information content (AvgIpc) is 2.38. The van der Waals surface area contributed by atoms with Crippen LogP contribution >= 0.6 is 0 Å². The van der Waals surface area contributed by atoms with Gasteiger partial charge in [0, 0.05) is 0 Å². The normalized spacial score (nSPS) is 11.6. The SMILES string of the molecule is CCCCOC(=O)CS(=O)(=O)c1ccc(C(C)C)cc1. The monoisotopic (exact) mass is 298 g/mol. The predicted molar refractivity (Wildman–Crippen MR) is 78.5 cm³/mol. The summed E-state index contributed by atoms with van der Waals surface area (Å²) in [5, 5.41) is 0. The predicted octanol–water partition coefficient (Wildman–Crippen LogP) is 2.93. The molecule has 0 saturated heterocycles. The third-order valence-corrected chi connectivity index (χ3v) is 4.58. The number of carbonyl (C=O) groups is 1. The molecule has 0 N–H and O–H groups in total. The molecule has 0 aromatic heterocycles. The van der Waals surface area contributed by atoms with Gasteiger partial charge in [-0.1, -0.05) is 39.3 Å². The van der Waals surface area contributed by atoms with Crippen molar-refractivity contribution in [3.05, 3.63) is 29.8 Å². The van der Waals surface area contributed by atoms with Crippen LogP contribution in [0.15, 0.2) is 29.2 Å². The molecule has 112 valence electrons. The van der Waals surface area contributed by atoms with Crippen molar-refractivity contribution in [2.24, 2.45) is 0 Å². The van der Waals surface area contributed by atoms with E-state index in [0.29, 0.717) is 5.92 Å². The second kappa shape index (κ2) is 7.43. The van der Waals surface area contributed by atoms with E-state index in [1.165, 1.54) is 0 Å². The average molecular weight is 298 g/mol. The molecule has 0 radical (unpaired) electrons. The molecule has 0 atom stereocenters. The number of carbonyl (C=O) groups excluding carboxylic acids is 1. The Morgan fingerprint density at radius 3 is 2.30 bits per heavy atom. The smallest absolute Gasteiger partial charge is 0.321 e. The third kappa shape index (κ3) is 4.96. The summed E-state index contributed by atoms with van der Waals surface area (Å²) >= 11 is 0. The van der Waals surface area contributed by atoms with Crippen LogP contribution in [0, 0.1) is 0 Å². The maximum Gasteiger partial charge on any atom is 0.321 e. The molecule has 0 bridgehead atoms. The first-order chi connectivity index (χ1) is 9.36. The molecule has 0 aliphatic rings. The number of hydrogen-bond acceptors (Lipinski definition) is 4. The molecule has 0 saturated carbocycles. The van der Waals surface area contributed by atoms with Crippen LogP contribution in [0.1, 0.15) is 45.1 Å². The highest BCUT2D eigenvalue weighted by Crippen LogP contribution is 2.18. The zero-order chi connectivity index (χ0) is 15.2. The highest BCUT2D eigenvalue weighted by Gasteiger charge is 2.20. The van der Waals surface area contributed by atoms with Crippen molar-refractivity contribution in [1.29, 1.82) is 0 Å². The Kier molecular flexibility index (Phi) is 6.20. The topological polar surface area (TPSA) is 60.4 Å². The van der Waals surface area contributed by atoms with Crippen molar-refractivity contribution in [2.75, 3.05) is 12.4 Å². The summed E-state index contributed by atoms with van der Waals surface area (Å²) in [4.78, 5) is 11.6. The highest BCUT2D eigenvalue weighted by atomic mass is 32.2. The lowest BCUT2D eigenvalue weighted by atomic mass is 10.0. The van der Waals surface area contributed by atoms with Crippen LogP contribution in [0.3, 0.4) is 0 Å². The van der Waals surface area contributed by atoms with Gasteiger partial charge in [0.25, 0.3) is 0 Å². The fourth-order valence-corrected chi connectivity index (χ4v) is 2.78. The van der Waals surface area contributed by atoms with Crippen LogP contribution in [0.2, 0.25) is 0 Å². The van der Waals surface area contributed by atoms with Gasteiger partial charge in [-0.3, -0.25) is 4.79 Å². The molecule has 0 aliphatic heterocycles. The summed E-state index contributed by atoms with van der Waals surface area (Å²) in [6, 6.07) is 6.65. The zero-order valence-corrected chi connectivity index (χ0v) is 13.1. The lowest BCUT2D eigenvalue weighted by molar-refractivity contribution is -0.140. The van der Waals surface area contributed by atoms with Crippen LogP contribution in [0.25, 0.3) is 0 Å². The summed E-state index contributed by atoms with van der Waals surface area (Å²) in [7, 11) is -3.61. The van der Waals surface area contributed by atoms with Gasteiger partial charge >= 0.3 is 5.97 Å². The van der Waals surface area contributed by atoms with Gasteiger partial charge in [0.05, 0.1) is 11.5 Å². The minimum absolute atomic E-state index is 0.161. The van der Waals surface area contributed by atoms with Gasteiger partial charge in [-0.05, 0) is 30.0 Å². The Labute approximate surface area is 121 Å². The number of ether oxygens (including phenoxy) is 1. The molecular formula is C15H22O4S. The first-order valence-electron chi connectivity index (χ1n) is 6.85. The second-order valence-corrected chi connectivity index (χ2v) is 7.05. The highest BCUT2D eigenvalue weighted by molar-refractivity contribution is 7.92. The van der Waals surface area contributed by atoms with Gasteiger partial charge in [0.15, 0.2) is 15.6 Å². The summed E-state index contributed by atoms with van der Waals surface area (Å²) in [5.41, 5.74) is 1.06.